The minimum Gasteiger partial charge on any atom is -0.351 e. The molecular formula is C31H32ClN3O2S. The average molecular weight is 546 g/mol. The molecule has 0 aliphatic carbocycles. The van der Waals surface area contributed by atoms with Crippen molar-refractivity contribution < 1.29 is 9.59 Å². The number of fused-ring (bicyclic) bond motifs is 1. The van der Waals surface area contributed by atoms with Crippen LogP contribution < -0.4 is 10.2 Å². The summed E-state index contributed by atoms with van der Waals surface area (Å²) < 4.78 is 0. The van der Waals surface area contributed by atoms with E-state index in [4.69, 9.17) is 11.6 Å². The second-order valence-electron chi connectivity index (χ2n) is 9.73. The van der Waals surface area contributed by atoms with E-state index >= 15 is 0 Å². The van der Waals surface area contributed by atoms with Crippen molar-refractivity contribution in [3.63, 3.8) is 0 Å². The number of rotatable bonds is 7. The Morgan fingerprint density at radius 1 is 0.947 bits per heavy atom. The molecule has 0 unspecified atom stereocenters. The van der Waals surface area contributed by atoms with Gasteiger partial charge in [-0.2, -0.15) is 0 Å². The summed E-state index contributed by atoms with van der Waals surface area (Å²) in [7, 11) is 0. The number of thioether (sulfide) groups is 1. The van der Waals surface area contributed by atoms with Crippen LogP contribution in [0, 0.1) is 0 Å². The number of hydrogen-bond donors (Lipinski definition) is 1. The molecule has 0 aromatic heterocycles. The van der Waals surface area contributed by atoms with E-state index in [1.165, 1.54) is 37.4 Å². The molecule has 1 saturated heterocycles. The Morgan fingerprint density at radius 2 is 1.71 bits per heavy atom. The Kier molecular flexibility index (Phi) is 8.84. The number of nitrogens with one attached hydrogen (secondary N) is 1. The topological polar surface area (TPSA) is 52.7 Å². The molecule has 2 amide bonds. The first-order valence-corrected chi connectivity index (χ1v) is 14.4. The molecule has 0 saturated carbocycles. The fourth-order valence-electron chi connectivity index (χ4n) is 4.91. The lowest BCUT2D eigenvalue weighted by Gasteiger charge is -2.30. The number of carbonyl (C=O) groups excluding carboxylic acids is 2. The molecule has 0 spiro atoms. The standard InChI is InChI=1S/C31H32ClN3O2S/c32-26-9-7-8-24(20-26)22-35-27-10-3-4-11-28(27)38-29(31(35)37)21-23-12-14-25(15-13-23)30(36)33-16-19-34-17-5-1-2-6-18-34/h3-4,7-15,20-21H,1-2,5-6,16-19,22H2,(H,33,36)/b29-21-. The Bertz CT molecular complexity index is 1320. The number of likely N-dealkylation sites (tertiary alicyclic amines) is 1. The zero-order valence-electron chi connectivity index (χ0n) is 21.4. The largest absolute Gasteiger partial charge is 0.351 e. The second kappa shape index (κ2) is 12.7. The first kappa shape index (κ1) is 26.5. The van der Waals surface area contributed by atoms with E-state index in [1.54, 1.807) is 4.90 Å². The van der Waals surface area contributed by atoms with Crippen LogP contribution in [0.1, 0.15) is 47.2 Å². The van der Waals surface area contributed by atoms with Crippen LogP contribution in [0.5, 0.6) is 0 Å². The molecule has 1 fully saturated rings. The van der Waals surface area contributed by atoms with Crippen LogP contribution in [0.25, 0.3) is 6.08 Å². The monoisotopic (exact) mass is 545 g/mol. The molecule has 3 aromatic rings. The van der Waals surface area contributed by atoms with Crippen molar-refractivity contribution in [3.05, 3.63) is 99.4 Å². The highest BCUT2D eigenvalue weighted by atomic mass is 35.5. The SMILES string of the molecule is O=C(NCCN1CCCCCC1)c1ccc(/C=C2\Sc3ccccc3N(Cc3cccc(Cl)c3)C2=O)cc1. The van der Waals surface area contributed by atoms with E-state index in [1.807, 2.05) is 78.9 Å². The number of para-hydroxylation sites is 1. The summed E-state index contributed by atoms with van der Waals surface area (Å²) in [5.41, 5.74) is 3.37. The van der Waals surface area contributed by atoms with E-state index < -0.39 is 0 Å². The van der Waals surface area contributed by atoms with Crippen molar-refractivity contribution in [2.24, 2.45) is 0 Å². The number of anilines is 1. The number of amides is 2. The molecule has 0 radical (unpaired) electrons. The van der Waals surface area contributed by atoms with Crippen LogP contribution in [0.15, 0.2) is 82.6 Å². The van der Waals surface area contributed by atoms with E-state index in [0.717, 1.165) is 41.3 Å². The maximum atomic E-state index is 13.6. The zero-order chi connectivity index (χ0) is 26.3. The molecular weight excluding hydrogens is 514 g/mol. The molecule has 2 aliphatic rings. The van der Waals surface area contributed by atoms with Gasteiger partial charge in [0.1, 0.15) is 0 Å². The van der Waals surface area contributed by atoms with E-state index in [9.17, 15) is 9.59 Å². The van der Waals surface area contributed by atoms with Crippen LogP contribution in [0.3, 0.4) is 0 Å². The van der Waals surface area contributed by atoms with Gasteiger partial charge in [0.15, 0.2) is 0 Å². The van der Waals surface area contributed by atoms with E-state index in [-0.39, 0.29) is 11.8 Å². The van der Waals surface area contributed by atoms with Gasteiger partial charge in [0, 0.05) is 28.6 Å². The Balaban J connectivity index is 1.26. The summed E-state index contributed by atoms with van der Waals surface area (Å²) in [6.45, 7) is 4.22. The summed E-state index contributed by atoms with van der Waals surface area (Å²) in [5, 5.41) is 3.70. The van der Waals surface area contributed by atoms with Gasteiger partial charge in [-0.3, -0.25) is 9.59 Å². The highest BCUT2D eigenvalue weighted by Crippen LogP contribution is 2.42. The molecule has 3 aromatic carbocycles. The van der Waals surface area contributed by atoms with Crippen LogP contribution in [0.4, 0.5) is 5.69 Å². The third-order valence-electron chi connectivity index (χ3n) is 6.94. The van der Waals surface area contributed by atoms with Crippen LogP contribution in [0.2, 0.25) is 5.02 Å². The summed E-state index contributed by atoms with van der Waals surface area (Å²) >= 11 is 7.66. The molecule has 196 valence electrons. The number of nitrogens with zero attached hydrogens (tertiary/aromatic N) is 2. The number of halogens is 1. The molecule has 1 N–H and O–H groups in total. The third kappa shape index (κ3) is 6.68. The lowest BCUT2D eigenvalue weighted by atomic mass is 10.1. The van der Waals surface area contributed by atoms with Gasteiger partial charge >= 0.3 is 0 Å². The van der Waals surface area contributed by atoms with Gasteiger partial charge in [0.2, 0.25) is 0 Å². The van der Waals surface area contributed by atoms with Crippen LogP contribution in [-0.4, -0.2) is 42.9 Å². The van der Waals surface area contributed by atoms with Crippen LogP contribution in [-0.2, 0) is 11.3 Å². The first-order chi connectivity index (χ1) is 18.6. The van der Waals surface area contributed by atoms with Crippen molar-refractivity contribution in [2.45, 2.75) is 37.1 Å². The van der Waals surface area contributed by atoms with Gasteiger partial charge in [0.05, 0.1) is 17.1 Å². The maximum absolute atomic E-state index is 13.6. The normalized spacial score (nSPS) is 17.2. The van der Waals surface area contributed by atoms with Crippen molar-refractivity contribution >= 4 is 46.9 Å². The fraction of sp³-hybridized carbons (Fsp3) is 0.290. The smallest absolute Gasteiger partial charge is 0.265 e. The summed E-state index contributed by atoms with van der Waals surface area (Å²) in [4.78, 5) is 32.1. The predicted octanol–water partition coefficient (Wildman–Crippen LogP) is 6.63. The molecule has 5 rings (SSSR count). The highest BCUT2D eigenvalue weighted by Gasteiger charge is 2.29. The number of benzene rings is 3. The lowest BCUT2D eigenvalue weighted by molar-refractivity contribution is -0.114. The molecule has 5 nitrogen and oxygen atoms in total. The molecule has 2 heterocycles. The minimum atomic E-state index is -0.0660. The van der Waals surface area contributed by atoms with Gasteiger partial charge < -0.3 is 15.1 Å². The van der Waals surface area contributed by atoms with E-state index in [0.29, 0.717) is 28.6 Å². The predicted molar refractivity (Wildman–Crippen MR) is 157 cm³/mol. The Hall–Kier alpha value is -3.06. The van der Waals surface area contributed by atoms with Crippen molar-refractivity contribution in [1.82, 2.24) is 10.2 Å². The van der Waals surface area contributed by atoms with Gasteiger partial charge in [-0.05, 0) is 79.5 Å². The Morgan fingerprint density at radius 3 is 2.47 bits per heavy atom. The van der Waals surface area contributed by atoms with Gasteiger partial charge in [-0.1, -0.05) is 72.6 Å². The highest BCUT2D eigenvalue weighted by molar-refractivity contribution is 8.04. The van der Waals surface area contributed by atoms with Gasteiger partial charge in [-0.15, -0.1) is 0 Å². The average Bonchev–Trinajstić information content (AvgIpc) is 3.20. The fourth-order valence-corrected chi connectivity index (χ4v) is 6.18. The zero-order valence-corrected chi connectivity index (χ0v) is 22.9. The first-order valence-electron chi connectivity index (χ1n) is 13.2. The second-order valence-corrected chi connectivity index (χ2v) is 11.3. The number of hydrogen-bond acceptors (Lipinski definition) is 4. The van der Waals surface area contributed by atoms with Crippen LogP contribution >= 0.6 is 23.4 Å². The molecule has 2 aliphatic heterocycles. The summed E-state index contributed by atoms with van der Waals surface area (Å²) in [6, 6.07) is 23.0. The lowest BCUT2D eigenvalue weighted by Crippen LogP contribution is -2.35. The molecule has 38 heavy (non-hydrogen) atoms. The maximum Gasteiger partial charge on any atom is 0.265 e. The summed E-state index contributed by atoms with van der Waals surface area (Å²) in [6.07, 6.45) is 7.00. The summed E-state index contributed by atoms with van der Waals surface area (Å²) in [5.74, 6) is -0.118. The van der Waals surface area contributed by atoms with Gasteiger partial charge in [-0.25, -0.2) is 0 Å². The third-order valence-corrected chi connectivity index (χ3v) is 8.26. The Labute approximate surface area is 233 Å². The quantitative estimate of drug-likeness (QED) is 0.339. The number of carbonyl (C=O) groups is 2. The van der Waals surface area contributed by atoms with E-state index in [2.05, 4.69) is 10.2 Å². The van der Waals surface area contributed by atoms with Crippen molar-refractivity contribution in [1.29, 1.82) is 0 Å². The molecule has 0 bridgehead atoms. The molecule has 0 atom stereocenters. The molecule has 7 heteroatoms. The van der Waals surface area contributed by atoms with Crippen molar-refractivity contribution in [2.75, 3.05) is 31.1 Å². The van der Waals surface area contributed by atoms with Gasteiger partial charge in [0.25, 0.3) is 11.8 Å². The van der Waals surface area contributed by atoms with Crippen molar-refractivity contribution in [3.8, 4) is 0 Å². The minimum absolute atomic E-state index is 0.0518.